The number of aromatic nitrogens is 3. The molecule has 0 fully saturated rings. The minimum atomic E-state index is 0.328. The molecule has 2 rings (SSSR count). The van der Waals surface area contributed by atoms with Crippen LogP contribution in [0.5, 0.6) is 5.75 Å². The largest absolute Gasteiger partial charge is 0.497 e. The van der Waals surface area contributed by atoms with Crippen LogP contribution in [-0.4, -0.2) is 22.1 Å². The first kappa shape index (κ1) is 8.68. The van der Waals surface area contributed by atoms with Crippen molar-refractivity contribution in [2.75, 3.05) is 7.11 Å². The van der Waals surface area contributed by atoms with E-state index in [1.54, 1.807) is 32.4 Å². The lowest BCUT2D eigenvalue weighted by molar-refractivity contribution is 0.415. The predicted octanol–water partition coefficient (Wildman–Crippen LogP) is 0.456. The van der Waals surface area contributed by atoms with Gasteiger partial charge in [0.05, 0.1) is 12.6 Å². The summed E-state index contributed by atoms with van der Waals surface area (Å²) in [5, 5.41) is 16.3. The van der Waals surface area contributed by atoms with E-state index in [1.807, 2.05) is 0 Å². The van der Waals surface area contributed by atoms with Crippen LogP contribution in [0, 0.1) is 5.41 Å². The Morgan fingerprint density at radius 2 is 2.21 bits per heavy atom. The zero-order chi connectivity index (χ0) is 10.1. The third kappa shape index (κ3) is 1.22. The van der Waals surface area contributed by atoms with Crippen LogP contribution in [0.25, 0.3) is 10.9 Å². The quantitative estimate of drug-likeness (QED) is 0.710. The minimum Gasteiger partial charge on any atom is -0.497 e. The first-order chi connectivity index (χ1) is 6.72. The van der Waals surface area contributed by atoms with Crippen molar-refractivity contribution in [1.29, 1.82) is 5.41 Å². The molecule has 0 aliphatic heterocycles. The van der Waals surface area contributed by atoms with Gasteiger partial charge in [0.15, 0.2) is 5.49 Å². The van der Waals surface area contributed by atoms with Gasteiger partial charge in [0.2, 0.25) is 0 Å². The van der Waals surface area contributed by atoms with Crippen LogP contribution in [-0.2, 0) is 7.05 Å². The van der Waals surface area contributed by atoms with Crippen LogP contribution in [0.4, 0.5) is 0 Å². The number of nitrogens with zero attached hydrogens (tertiary/aromatic N) is 3. The summed E-state index contributed by atoms with van der Waals surface area (Å²) >= 11 is 0. The topological polar surface area (TPSA) is 63.8 Å². The van der Waals surface area contributed by atoms with Gasteiger partial charge < -0.3 is 4.74 Å². The summed E-state index contributed by atoms with van der Waals surface area (Å²) < 4.78 is 6.49. The highest BCUT2D eigenvalue weighted by molar-refractivity contribution is 5.78. The number of benzene rings is 1. The molecule has 0 aliphatic rings. The van der Waals surface area contributed by atoms with Gasteiger partial charge in [0.1, 0.15) is 5.75 Å². The van der Waals surface area contributed by atoms with E-state index in [0.717, 1.165) is 11.1 Å². The highest BCUT2D eigenvalue weighted by Crippen LogP contribution is 2.14. The van der Waals surface area contributed by atoms with Crippen LogP contribution < -0.4 is 10.2 Å². The number of methoxy groups -OCH3 is 1. The molecule has 0 aliphatic carbocycles. The Morgan fingerprint density at radius 1 is 1.43 bits per heavy atom. The van der Waals surface area contributed by atoms with Crippen LogP contribution in [0.1, 0.15) is 0 Å². The zero-order valence-electron chi connectivity index (χ0n) is 7.98. The van der Waals surface area contributed by atoms with E-state index in [4.69, 9.17) is 10.1 Å². The molecule has 0 saturated heterocycles. The minimum absolute atomic E-state index is 0.328. The summed E-state index contributed by atoms with van der Waals surface area (Å²) in [5.41, 5.74) is 1.03. The first-order valence-corrected chi connectivity index (χ1v) is 4.14. The summed E-state index contributed by atoms with van der Waals surface area (Å²) in [7, 11) is 3.29. The smallest absolute Gasteiger partial charge is 0.152 e. The molecule has 1 aromatic heterocycles. The molecular weight excluding hydrogens is 180 g/mol. The molecule has 1 heterocycles. The summed E-state index contributed by atoms with van der Waals surface area (Å²) in [5.74, 6) is 0.721. The molecule has 1 aromatic carbocycles. The average molecular weight is 190 g/mol. The number of fused-ring (bicyclic) bond motifs is 1. The van der Waals surface area contributed by atoms with Crippen LogP contribution in [0.15, 0.2) is 18.2 Å². The third-order valence-electron chi connectivity index (χ3n) is 2.07. The molecule has 1 N–H and O–H groups in total. The second kappa shape index (κ2) is 3.10. The number of nitrogens with one attached hydrogen (secondary N) is 1. The van der Waals surface area contributed by atoms with Crippen molar-refractivity contribution in [1.82, 2.24) is 15.0 Å². The van der Waals surface area contributed by atoms with Gasteiger partial charge in [0, 0.05) is 12.4 Å². The SMILES string of the molecule is COc1ccc2nnn(C)c(=N)c2c1. The average Bonchev–Trinajstić information content (AvgIpc) is 2.23. The maximum Gasteiger partial charge on any atom is 0.152 e. The number of rotatable bonds is 1. The fourth-order valence-corrected chi connectivity index (χ4v) is 1.25. The zero-order valence-corrected chi connectivity index (χ0v) is 7.98. The molecule has 0 bridgehead atoms. The van der Waals surface area contributed by atoms with Crippen molar-refractivity contribution >= 4 is 10.9 Å². The molecule has 0 saturated carbocycles. The Hall–Kier alpha value is -1.91. The highest BCUT2D eigenvalue weighted by Gasteiger charge is 2.01. The lowest BCUT2D eigenvalue weighted by atomic mass is 10.2. The Kier molecular flexibility index (Phi) is 1.92. The number of hydrogen-bond acceptors (Lipinski definition) is 4. The van der Waals surface area contributed by atoms with E-state index in [1.165, 1.54) is 4.68 Å². The Morgan fingerprint density at radius 3 is 2.93 bits per heavy atom. The predicted molar refractivity (Wildman–Crippen MR) is 50.9 cm³/mol. The molecule has 0 atom stereocenters. The molecule has 14 heavy (non-hydrogen) atoms. The summed E-state index contributed by atoms with van der Waals surface area (Å²) in [6.45, 7) is 0. The van der Waals surface area contributed by atoms with Crippen molar-refractivity contribution < 1.29 is 4.74 Å². The molecule has 0 spiro atoms. The maximum atomic E-state index is 7.76. The van der Waals surface area contributed by atoms with Gasteiger partial charge in [-0.25, -0.2) is 4.68 Å². The standard InChI is InChI=1S/C9H10N4O/c1-13-9(10)7-5-6(14-2)3-4-8(7)11-12-13/h3-5,10H,1-2H3. The van der Waals surface area contributed by atoms with E-state index < -0.39 is 0 Å². The van der Waals surface area contributed by atoms with E-state index in [-0.39, 0.29) is 0 Å². The lowest BCUT2D eigenvalue weighted by Crippen LogP contribution is -2.20. The van der Waals surface area contributed by atoms with Crippen molar-refractivity contribution in [3.8, 4) is 5.75 Å². The number of ether oxygens (including phenoxy) is 1. The van der Waals surface area contributed by atoms with Gasteiger partial charge >= 0.3 is 0 Å². The molecule has 0 amide bonds. The van der Waals surface area contributed by atoms with Crippen molar-refractivity contribution in [2.45, 2.75) is 0 Å². The van der Waals surface area contributed by atoms with Crippen LogP contribution in [0.3, 0.4) is 0 Å². The van der Waals surface area contributed by atoms with Gasteiger partial charge in [-0.05, 0) is 18.2 Å². The normalized spacial score (nSPS) is 10.4. The monoisotopic (exact) mass is 190 g/mol. The van der Waals surface area contributed by atoms with E-state index in [9.17, 15) is 0 Å². The van der Waals surface area contributed by atoms with Gasteiger partial charge in [-0.1, -0.05) is 5.21 Å². The fourth-order valence-electron chi connectivity index (χ4n) is 1.25. The van der Waals surface area contributed by atoms with E-state index >= 15 is 0 Å². The third-order valence-corrected chi connectivity index (χ3v) is 2.07. The van der Waals surface area contributed by atoms with Crippen LogP contribution >= 0.6 is 0 Å². The second-order valence-corrected chi connectivity index (χ2v) is 2.94. The summed E-state index contributed by atoms with van der Waals surface area (Å²) in [4.78, 5) is 0. The van der Waals surface area contributed by atoms with E-state index in [0.29, 0.717) is 11.0 Å². The second-order valence-electron chi connectivity index (χ2n) is 2.94. The van der Waals surface area contributed by atoms with Gasteiger partial charge in [-0.3, -0.25) is 5.41 Å². The summed E-state index contributed by atoms with van der Waals surface area (Å²) in [6, 6.07) is 5.38. The molecule has 0 unspecified atom stereocenters. The molecule has 5 nitrogen and oxygen atoms in total. The van der Waals surface area contributed by atoms with Gasteiger partial charge in [-0.15, -0.1) is 5.10 Å². The molecule has 0 radical (unpaired) electrons. The Balaban J connectivity index is 2.85. The van der Waals surface area contributed by atoms with Crippen molar-refractivity contribution in [3.63, 3.8) is 0 Å². The van der Waals surface area contributed by atoms with Gasteiger partial charge in [-0.2, -0.15) is 0 Å². The van der Waals surface area contributed by atoms with E-state index in [2.05, 4.69) is 10.3 Å². The molecule has 72 valence electrons. The van der Waals surface area contributed by atoms with Crippen molar-refractivity contribution in [3.05, 3.63) is 23.7 Å². The van der Waals surface area contributed by atoms with Gasteiger partial charge in [0.25, 0.3) is 0 Å². The Bertz CT molecular complexity index is 532. The summed E-state index contributed by atoms with van der Waals surface area (Å²) in [6.07, 6.45) is 0. The molecule has 2 aromatic rings. The maximum absolute atomic E-state index is 7.76. The van der Waals surface area contributed by atoms with Crippen LogP contribution in [0.2, 0.25) is 0 Å². The lowest BCUT2D eigenvalue weighted by Gasteiger charge is -2.02. The number of aryl methyl sites for hydroxylation is 1. The first-order valence-electron chi connectivity index (χ1n) is 4.14. The van der Waals surface area contributed by atoms with Crippen molar-refractivity contribution in [2.24, 2.45) is 7.05 Å². The highest BCUT2D eigenvalue weighted by atomic mass is 16.5. The fraction of sp³-hybridized carbons (Fsp3) is 0.222. The molecule has 5 heteroatoms. The Labute approximate surface area is 80.4 Å². The molecular formula is C9H10N4O. The number of hydrogen-bond donors (Lipinski definition) is 1.